The second-order valence-corrected chi connectivity index (χ2v) is 9.15. The topological polar surface area (TPSA) is 76.4 Å². The minimum atomic E-state index is -4.42. The van der Waals surface area contributed by atoms with E-state index < -0.39 is 27.8 Å². The first-order valence-corrected chi connectivity index (χ1v) is 11.5. The second-order valence-electron chi connectivity index (χ2n) is 7.37. The van der Waals surface area contributed by atoms with Gasteiger partial charge in [0.15, 0.2) is 5.65 Å². The molecule has 1 unspecified atom stereocenters. The fraction of sp³-hybridized carbons (Fsp3) is 0.182. The smallest absolute Gasteiger partial charge is 0.236 e. The standard InChI is InChI=1S/C22H19F3N4O2S/c1-32(30,31)28-19(13-15-5-3-2-4-6-15)20-11-12-26-21-18(14-27-29(20)21)16-7-9-17(10-8-16)22(23,24)25/h2-12,14,19,28H,13H2,1H3. The van der Waals surface area contributed by atoms with E-state index in [9.17, 15) is 21.6 Å². The zero-order valence-electron chi connectivity index (χ0n) is 16.9. The van der Waals surface area contributed by atoms with Crippen LogP contribution in [0.2, 0.25) is 0 Å². The van der Waals surface area contributed by atoms with Gasteiger partial charge in [0.25, 0.3) is 0 Å². The molecule has 0 bridgehead atoms. The zero-order chi connectivity index (χ0) is 22.9. The predicted octanol–water partition coefficient (Wildman–Crippen LogP) is 4.25. The molecule has 0 saturated heterocycles. The Kier molecular flexibility index (Phi) is 5.74. The molecule has 1 N–H and O–H groups in total. The number of hydrogen-bond acceptors (Lipinski definition) is 4. The molecule has 0 saturated carbocycles. The molecule has 0 radical (unpaired) electrons. The Bertz CT molecular complexity index is 1340. The van der Waals surface area contributed by atoms with Crippen molar-refractivity contribution in [1.82, 2.24) is 19.3 Å². The summed E-state index contributed by atoms with van der Waals surface area (Å²) < 4.78 is 66.9. The number of benzene rings is 2. The fourth-order valence-electron chi connectivity index (χ4n) is 3.53. The van der Waals surface area contributed by atoms with E-state index in [1.54, 1.807) is 6.07 Å². The summed E-state index contributed by atoms with van der Waals surface area (Å²) in [7, 11) is -3.54. The lowest BCUT2D eigenvalue weighted by atomic mass is 10.0. The van der Waals surface area contributed by atoms with Crippen molar-refractivity contribution in [3.8, 4) is 11.1 Å². The van der Waals surface area contributed by atoms with Gasteiger partial charge in [0.2, 0.25) is 10.0 Å². The summed E-state index contributed by atoms with van der Waals surface area (Å²) in [6.45, 7) is 0. The molecule has 0 aliphatic rings. The van der Waals surface area contributed by atoms with E-state index >= 15 is 0 Å². The van der Waals surface area contributed by atoms with Crippen molar-refractivity contribution in [2.75, 3.05) is 6.26 Å². The molecule has 0 aliphatic heterocycles. The average molecular weight is 460 g/mol. The van der Waals surface area contributed by atoms with Crippen LogP contribution in [0.3, 0.4) is 0 Å². The Labute approximate surface area is 182 Å². The Hall–Kier alpha value is -3.24. The highest BCUT2D eigenvalue weighted by atomic mass is 32.2. The molecule has 2 aromatic carbocycles. The number of rotatable bonds is 6. The molecule has 0 amide bonds. The maximum atomic E-state index is 12.9. The molecule has 10 heteroatoms. The van der Waals surface area contributed by atoms with Gasteiger partial charge in [-0.15, -0.1) is 0 Å². The van der Waals surface area contributed by atoms with Gasteiger partial charge in [-0.1, -0.05) is 42.5 Å². The first-order chi connectivity index (χ1) is 15.1. The Morgan fingerprint density at radius 1 is 1.03 bits per heavy atom. The fourth-order valence-corrected chi connectivity index (χ4v) is 4.25. The van der Waals surface area contributed by atoms with Crippen molar-refractivity contribution in [3.63, 3.8) is 0 Å². The van der Waals surface area contributed by atoms with Crippen LogP contribution in [0.1, 0.15) is 22.9 Å². The molecule has 4 rings (SSSR count). The maximum absolute atomic E-state index is 12.9. The van der Waals surface area contributed by atoms with Crippen LogP contribution in [0, 0.1) is 0 Å². The summed E-state index contributed by atoms with van der Waals surface area (Å²) in [6, 6.07) is 15.2. The van der Waals surface area contributed by atoms with E-state index in [4.69, 9.17) is 0 Å². The largest absolute Gasteiger partial charge is 0.416 e. The highest BCUT2D eigenvalue weighted by molar-refractivity contribution is 7.88. The lowest BCUT2D eigenvalue weighted by Crippen LogP contribution is -2.30. The molecule has 2 aromatic heterocycles. The van der Waals surface area contributed by atoms with E-state index in [0.29, 0.717) is 28.9 Å². The van der Waals surface area contributed by atoms with Crippen LogP contribution >= 0.6 is 0 Å². The van der Waals surface area contributed by atoms with Crippen LogP contribution in [0.15, 0.2) is 73.1 Å². The summed E-state index contributed by atoms with van der Waals surface area (Å²) in [4.78, 5) is 4.34. The molecule has 1 atom stereocenters. The summed E-state index contributed by atoms with van der Waals surface area (Å²) in [5.74, 6) is 0. The van der Waals surface area contributed by atoms with Crippen molar-refractivity contribution in [2.45, 2.75) is 18.6 Å². The van der Waals surface area contributed by atoms with E-state index in [-0.39, 0.29) is 0 Å². The summed E-state index contributed by atoms with van der Waals surface area (Å²) in [5, 5.41) is 4.36. The van der Waals surface area contributed by atoms with E-state index in [1.165, 1.54) is 29.0 Å². The quantitative estimate of drug-likeness (QED) is 0.467. The van der Waals surface area contributed by atoms with Crippen LogP contribution in [-0.4, -0.2) is 29.3 Å². The van der Waals surface area contributed by atoms with Gasteiger partial charge in [0.1, 0.15) is 0 Å². The highest BCUT2D eigenvalue weighted by Gasteiger charge is 2.30. The Morgan fingerprint density at radius 2 is 1.72 bits per heavy atom. The first kappa shape index (κ1) is 22.0. The van der Waals surface area contributed by atoms with Gasteiger partial charge in [0.05, 0.1) is 29.8 Å². The maximum Gasteiger partial charge on any atom is 0.416 e. The normalized spacial score (nSPS) is 13.4. The number of sulfonamides is 1. The van der Waals surface area contributed by atoms with Gasteiger partial charge in [-0.05, 0) is 35.7 Å². The second kappa shape index (κ2) is 8.36. The zero-order valence-corrected chi connectivity index (χ0v) is 17.7. The molecule has 2 heterocycles. The number of alkyl halides is 3. The minimum absolute atomic E-state index is 0.377. The minimum Gasteiger partial charge on any atom is -0.236 e. The van der Waals surface area contributed by atoms with E-state index in [1.807, 2.05) is 30.3 Å². The van der Waals surface area contributed by atoms with Crippen molar-refractivity contribution >= 4 is 15.7 Å². The van der Waals surface area contributed by atoms with Crippen LogP contribution in [0.4, 0.5) is 13.2 Å². The summed E-state index contributed by atoms with van der Waals surface area (Å²) >= 11 is 0. The average Bonchev–Trinajstić information content (AvgIpc) is 3.17. The van der Waals surface area contributed by atoms with Crippen molar-refractivity contribution in [1.29, 1.82) is 0 Å². The molecule has 32 heavy (non-hydrogen) atoms. The molecular weight excluding hydrogens is 441 g/mol. The number of nitrogens with zero attached hydrogens (tertiary/aromatic N) is 3. The third-order valence-corrected chi connectivity index (χ3v) is 5.66. The Morgan fingerprint density at radius 3 is 2.34 bits per heavy atom. The van der Waals surface area contributed by atoms with E-state index in [2.05, 4.69) is 14.8 Å². The van der Waals surface area contributed by atoms with Gasteiger partial charge in [-0.3, -0.25) is 0 Å². The third kappa shape index (κ3) is 4.81. The number of halogens is 3. The molecule has 0 spiro atoms. The highest BCUT2D eigenvalue weighted by Crippen LogP contribution is 2.32. The number of nitrogens with one attached hydrogen (secondary N) is 1. The Balaban J connectivity index is 1.76. The van der Waals surface area contributed by atoms with Crippen LogP contribution in [0.5, 0.6) is 0 Å². The van der Waals surface area contributed by atoms with Gasteiger partial charge < -0.3 is 0 Å². The van der Waals surface area contributed by atoms with Gasteiger partial charge in [-0.2, -0.15) is 18.3 Å². The van der Waals surface area contributed by atoms with Gasteiger partial charge >= 0.3 is 6.18 Å². The number of aromatic nitrogens is 3. The lowest BCUT2D eigenvalue weighted by Gasteiger charge is -2.19. The first-order valence-electron chi connectivity index (χ1n) is 9.63. The molecular formula is C22H19F3N4O2S. The SMILES string of the molecule is CS(=O)(=O)NC(Cc1ccccc1)c1ccnc2c(-c3ccc(C(F)(F)F)cc3)cnn12. The van der Waals surface area contributed by atoms with Crippen molar-refractivity contribution in [2.24, 2.45) is 0 Å². The third-order valence-electron chi connectivity index (χ3n) is 4.95. The van der Waals surface area contributed by atoms with Crippen LogP contribution in [-0.2, 0) is 22.6 Å². The molecule has 0 aliphatic carbocycles. The van der Waals surface area contributed by atoms with Gasteiger partial charge in [-0.25, -0.2) is 22.6 Å². The molecule has 166 valence electrons. The molecule has 0 fully saturated rings. The molecule has 4 aromatic rings. The van der Waals surface area contributed by atoms with Crippen LogP contribution in [0.25, 0.3) is 16.8 Å². The number of hydrogen-bond donors (Lipinski definition) is 1. The van der Waals surface area contributed by atoms with Crippen molar-refractivity contribution in [3.05, 3.63) is 89.9 Å². The summed E-state index contributed by atoms with van der Waals surface area (Å²) in [6.07, 6.45) is 0.0753. The van der Waals surface area contributed by atoms with Gasteiger partial charge in [0, 0.05) is 11.8 Å². The van der Waals surface area contributed by atoms with E-state index in [0.717, 1.165) is 24.0 Å². The monoisotopic (exact) mass is 460 g/mol. The number of fused-ring (bicyclic) bond motifs is 1. The van der Waals surface area contributed by atoms with Crippen molar-refractivity contribution < 1.29 is 21.6 Å². The lowest BCUT2D eigenvalue weighted by molar-refractivity contribution is -0.137. The predicted molar refractivity (Wildman–Crippen MR) is 114 cm³/mol. The summed E-state index contributed by atoms with van der Waals surface area (Å²) in [5.41, 5.74) is 2.21. The van der Waals surface area contributed by atoms with Crippen LogP contribution < -0.4 is 4.72 Å². The molecule has 6 nitrogen and oxygen atoms in total.